The van der Waals surface area contributed by atoms with E-state index in [4.69, 9.17) is 11.6 Å². The lowest BCUT2D eigenvalue weighted by Gasteiger charge is -2.11. The van der Waals surface area contributed by atoms with Crippen LogP contribution >= 0.6 is 23.4 Å². The van der Waals surface area contributed by atoms with Crippen LogP contribution < -0.4 is 0 Å². The molecule has 1 aliphatic heterocycles. The van der Waals surface area contributed by atoms with Crippen molar-refractivity contribution in [3.63, 3.8) is 0 Å². The van der Waals surface area contributed by atoms with Gasteiger partial charge in [0.1, 0.15) is 0 Å². The van der Waals surface area contributed by atoms with Crippen molar-refractivity contribution < 1.29 is 0 Å². The standard InChI is InChI=1S/C14H17ClS/c15-13(10-5-6-10)8-7-12-9-11-3-1-2-4-14(11)16-12/h1-4,10,12-13H,5-9H2. The number of halogens is 1. The minimum Gasteiger partial charge on any atom is -0.123 e. The molecule has 86 valence electrons. The Kier molecular flexibility index (Phi) is 3.17. The Morgan fingerprint density at radius 1 is 1.31 bits per heavy atom. The second kappa shape index (κ2) is 4.62. The summed E-state index contributed by atoms with van der Waals surface area (Å²) in [7, 11) is 0. The summed E-state index contributed by atoms with van der Waals surface area (Å²) in [4.78, 5) is 1.49. The lowest BCUT2D eigenvalue weighted by atomic mass is 10.0. The van der Waals surface area contributed by atoms with Gasteiger partial charge in [-0.05, 0) is 49.7 Å². The van der Waals surface area contributed by atoms with Crippen LogP contribution in [0.1, 0.15) is 31.2 Å². The SMILES string of the molecule is ClC(CCC1Cc2ccccc2S1)C1CC1. The maximum atomic E-state index is 6.36. The molecule has 2 unspecified atom stereocenters. The van der Waals surface area contributed by atoms with Gasteiger partial charge in [0.25, 0.3) is 0 Å². The predicted molar refractivity (Wildman–Crippen MR) is 71.4 cm³/mol. The zero-order valence-corrected chi connectivity index (χ0v) is 10.9. The normalized spacial score (nSPS) is 25.4. The molecule has 0 spiro atoms. The molecule has 0 saturated heterocycles. The molecule has 16 heavy (non-hydrogen) atoms. The highest BCUT2D eigenvalue weighted by Crippen LogP contribution is 2.42. The van der Waals surface area contributed by atoms with E-state index in [1.165, 1.54) is 42.6 Å². The molecule has 2 aliphatic rings. The van der Waals surface area contributed by atoms with Crippen LogP contribution in [0.4, 0.5) is 0 Å². The fraction of sp³-hybridized carbons (Fsp3) is 0.571. The summed E-state index contributed by atoms with van der Waals surface area (Å²) < 4.78 is 0. The first-order valence-electron chi connectivity index (χ1n) is 6.21. The number of alkyl halides is 1. The Balaban J connectivity index is 1.52. The van der Waals surface area contributed by atoms with Gasteiger partial charge in [-0.1, -0.05) is 18.2 Å². The molecule has 1 aromatic carbocycles. The van der Waals surface area contributed by atoms with E-state index in [9.17, 15) is 0 Å². The Hall–Kier alpha value is -0.140. The number of hydrogen-bond donors (Lipinski definition) is 0. The van der Waals surface area contributed by atoms with Gasteiger partial charge in [-0.25, -0.2) is 0 Å². The zero-order valence-electron chi connectivity index (χ0n) is 9.36. The molecule has 2 heteroatoms. The Morgan fingerprint density at radius 3 is 2.88 bits per heavy atom. The maximum Gasteiger partial charge on any atom is 0.0364 e. The fourth-order valence-electron chi connectivity index (χ4n) is 2.45. The largest absolute Gasteiger partial charge is 0.123 e. The fourth-order valence-corrected chi connectivity index (χ4v) is 4.17. The molecule has 0 nitrogen and oxygen atoms in total. The molecule has 1 fully saturated rings. The molecular formula is C14H17ClS. The second-order valence-electron chi connectivity index (χ2n) is 4.98. The smallest absolute Gasteiger partial charge is 0.0364 e. The minimum absolute atomic E-state index is 0.448. The van der Waals surface area contributed by atoms with Crippen LogP contribution in [0.25, 0.3) is 0 Å². The first-order chi connectivity index (χ1) is 7.83. The van der Waals surface area contributed by atoms with Crippen molar-refractivity contribution in [1.82, 2.24) is 0 Å². The molecule has 1 saturated carbocycles. The summed E-state index contributed by atoms with van der Waals surface area (Å²) in [6.07, 6.45) is 6.47. The van der Waals surface area contributed by atoms with E-state index >= 15 is 0 Å². The summed E-state index contributed by atoms with van der Waals surface area (Å²) in [5.74, 6) is 0.843. The van der Waals surface area contributed by atoms with Crippen LogP contribution in [0.15, 0.2) is 29.2 Å². The number of thioether (sulfide) groups is 1. The third kappa shape index (κ3) is 2.41. The third-order valence-electron chi connectivity index (χ3n) is 3.61. The van der Waals surface area contributed by atoms with E-state index in [1.807, 2.05) is 0 Å². The summed E-state index contributed by atoms with van der Waals surface area (Å²) in [6, 6.07) is 8.81. The maximum absolute atomic E-state index is 6.36. The zero-order chi connectivity index (χ0) is 11.0. The number of hydrogen-bond acceptors (Lipinski definition) is 1. The van der Waals surface area contributed by atoms with E-state index in [0.717, 1.165) is 11.2 Å². The highest BCUT2D eigenvalue weighted by Gasteiger charge is 2.30. The molecule has 0 bridgehead atoms. The molecule has 0 aromatic heterocycles. The molecule has 1 aromatic rings. The van der Waals surface area contributed by atoms with E-state index in [-0.39, 0.29) is 0 Å². The molecule has 0 N–H and O–H groups in total. The second-order valence-corrected chi connectivity index (χ2v) is 6.89. The molecule has 3 rings (SSSR count). The van der Waals surface area contributed by atoms with Gasteiger partial charge in [-0.15, -0.1) is 23.4 Å². The summed E-state index contributed by atoms with van der Waals surface area (Å²) in [5.41, 5.74) is 1.54. The first-order valence-corrected chi connectivity index (χ1v) is 7.53. The molecule has 1 heterocycles. The van der Waals surface area contributed by atoms with Gasteiger partial charge >= 0.3 is 0 Å². The molecule has 2 atom stereocenters. The van der Waals surface area contributed by atoms with Crippen LogP contribution in [0.5, 0.6) is 0 Å². The Morgan fingerprint density at radius 2 is 2.12 bits per heavy atom. The van der Waals surface area contributed by atoms with E-state index in [1.54, 1.807) is 0 Å². The van der Waals surface area contributed by atoms with Gasteiger partial charge in [0.15, 0.2) is 0 Å². The van der Waals surface area contributed by atoms with Gasteiger partial charge in [-0.2, -0.15) is 0 Å². The highest BCUT2D eigenvalue weighted by molar-refractivity contribution is 8.00. The Labute approximate surface area is 107 Å². The van der Waals surface area contributed by atoms with Gasteiger partial charge in [-0.3, -0.25) is 0 Å². The topological polar surface area (TPSA) is 0 Å². The molecule has 0 amide bonds. The number of fused-ring (bicyclic) bond motifs is 1. The van der Waals surface area contributed by atoms with Crippen molar-refractivity contribution in [2.75, 3.05) is 0 Å². The van der Waals surface area contributed by atoms with Gasteiger partial charge in [0.2, 0.25) is 0 Å². The lowest BCUT2D eigenvalue weighted by molar-refractivity contribution is 0.622. The average molecular weight is 253 g/mol. The quantitative estimate of drug-likeness (QED) is 0.711. The average Bonchev–Trinajstić information content (AvgIpc) is 3.06. The lowest BCUT2D eigenvalue weighted by Crippen LogP contribution is -2.07. The molecule has 1 aliphatic carbocycles. The monoisotopic (exact) mass is 252 g/mol. The molecular weight excluding hydrogens is 236 g/mol. The van der Waals surface area contributed by atoms with Gasteiger partial charge in [0.05, 0.1) is 0 Å². The van der Waals surface area contributed by atoms with Crippen molar-refractivity contribution in [2.24, 2.45) is 5.92 Å². The number of benzene rings is 1. The van der Waals surface area contributed by atoms with Crippen LogP contribution in [-0.4, -0.2) is 10.6 Å². The van der Waals surface area contributed by atoms with Crippen molar-refractivity contribution in [1.29, 1.82) is 0 Å². The predicted octanol–water partition coefficient (Wildman–Crippen LogP) is 4.50. The summed E-state index contributed by atoms with van der Waals surface area (Å²) in [5, 5.41) is 1.22. The third-order valence-corrected chi connectivity index (χ3v) is 5.57. The van der Waals surface area contributed by atoms with Crippen molar-refractivity contribution in [3.05, 3.63) is 29.8 Å². The van der Waals surface area contributed by atoms with Crippen molar-refractivity contribution >= 4 is 23.4 Å². The van der Waals surface area contributed by atoms with Crippen LogP contribution in [-0.2, 0) is 6.42 Å². The van der Waals surface area contributed by atoms with E-state index < -0.39 is 0 Å². The van der Waals surface area contributed by atoms with Gasteiger partial charge in [0, 0.05) is 15.5 Å². The van der Waals surface area contributed by atoms with Crippen molar-refractivity contribution in [2.45, 2.75) is 47.6 Å². The van der Waals surface area contributed by atoms with Gasteiger partial charge < -0.3 is 0 Å². The highest BCUT2D eigenvalue weighted by atomic mass is 35.5. The van der Waals surface area contributed by atoms with Crippen LogP contribution in [0.3, 0.4) is 0 Å². The Bertz CT molecular complexity index is 348. The van der Waals surface area contributed by atoms with Crippen LogP contribution in [0.2, 0.25) is 0 Å². The first kappa shape index (κ1) is 11.0. The minimum atomic E-state index is 0.448. The number of rotatable bonds is 4. The van der Waals surface area contributed by atoms with E-state index in [0.29, 0.717) is 5.38 Å². The summed E-state index contributed by atoms with van der Waals surface area (Å²) in [6.45, 7) is 0. The van der Waals surface area contributed by atoms with Crippen molar-refractivity contribution in [3.8, 4) is 0 Å². The summed E-state index contributed by atoms with van der Waals surface area (Å²) >= 11 is 8.41. The van der Waals surface area contributed by atoms with E-state index in [2.05, 4.69) is 36.0 Å². The van der Waals surface area contributed by atoms with Crippen LogP contribution in [0, 0.1) is 5.92 Å². The molecule has 0 radical (unpaired) electrons.